The van der Waals surface area contributed by atoms with E-state index in [2.05, 4.69) is 44.6 Å². The van der Waals surface area contributed by atoms with E-state index in [9.17, 15) is 0 Å². The molecule has 1 atom stereocenters. The Morgan fingerprint density at radius 2 is 1.89 bits per heavy atom. The van der Waals surface area contributed by atoms with Crippen LogP contribution >= 0.6 is 35.6 Å². The Balaban J connectivity index is 1.34. The highest BCUT2D eigenvalue weighted by Gasteiger charge is 2.34. The Hall–Kier alpha value is -2.49. The standard InChI is InChI=1S/C28H34ClN7S2/c1-20-9-3-6-16-36(20)23-18-24(38-27-30-14-8-15-31-27)34-25(33-23)35-26(37)32-19-28(12-4-2-5-13-28)21-10-7-11-22(29)17-21/h7-8,10-11,14-15,17-18,20H,2-6,9,12-13,16,19H2,1H3,(H2,32,33,34,35,37). The molecule has 0 amide bonds. The third-order valence-electron chi connectivity index (χ3n) is 7.58. The molecule has 0 spiro atoms. The highest BCUT2D eigenvalue weighted by atomic mass is 35.5. The van der Waals surface area contributed by atoms with Crippen molar-refractivity contribution in [2.75, 3.05) is 23.3 Å². The van der Waals surface area contributed by atoms with Crippen molar-refractivity contribution in [2.24, 2.45) is 0 Å². The second kappa shape index (κ2) is 12.6. The summed E-state index contributed by atoms with van der Waals surface area (Å²) in [6.07, 6.45) is 12.9. The Labute approximate surface area is 239 Å². The van der Waals surface area contributed by atoms with E-state index in [1.54, 1.807) is 12.4 Å². The molecule has 1 aliphatic heterocycles. The molecule has 1 saturated heterocycles. The number of benzene rings is 1. The number of rotatable bonds is 7. The van der Waals surface area contributed by atoms with Crippen molar-refractivity contribution >= 4 is 52.5 Å². The lowest BCUT2D eigenvalue weighted by Gasteiger charge is -2.38. The van der Waals surface area contributed by atoms with Gasteiger partial charge < -0.3 is 15.5 Å². The zero-order valence-electron chi connectivity index (χ0n) is 21.7. The Morgan fingerprint density at radius 3 is 2.66 bits per heavy atom. The van der Waals surface area contributed by atoms with Gasteiger partial charge in [-0.05, 0) is 86.8 Å². The van der Waals surface area contributed by atoms with Crippen LogP contribution in [0.15, 0.2) is 59.0 Å². The first-order valence-corrected chi connectivity index (χ1v) is 15.0. The molecule has 2 aromatic heterocycles. The fourth-order valence-corrected chi connectivity index (χ4v) is 6.61. The number of hydrogen-bond donors (Lipinski definition) is 2. The van der Waals surface area contributed by atoms with Crippen molar-refractivity contribution < 1.29 is 0 Å². The van der Waals surface area contributed by atoms with Crippen LogP contribution < -0.4 is 15.5 Å². The molecule has 10 heteroatoms. The summed E-state index contributed by atoms with van der Waals surface area (Å²) in [7, 11) is 0. The molecule has 2 N–H and O–H groups in total. The van der Waals surface area contributed by atoms with Crippen LogP contribution in [-0.2, 0) is 5.41 Å². The Kier molecular flexibility index (Phi) is 8.97. The Bertz CT molecular complexity index is 1240. The number of anilines is 2. The summed E-state index contributed by atoms with van der Waals surface area (Å²) in [6.45, 7) is 3.98. The summed E-state index contributed by atoms with van der Waals surface area (Å²) < 4.78 is 0. The maximum absolute atomic E-state index is 6.37. The van der Waals surface area contributed by atoms with Crippen molar-refractivity contribution in [1.29, 1.82) is 0 Å². The zero-order chi connectivity index (χ0) is 26.4. The molecule has 1 unspecified atom stereocenters. The molecule has 2 aliphatic rings. The SMILES string of the molecule is CC1CCCCN1c1cc(Sc2ncccn2)nc(NC(=S)NCC2(c3cccc(Cl)c3)CCCCC2)n1. The third kappa shape index (κ3) is 6.74. The van der Waals surface area contributed by atoms with Gasteiger partial charge in [0, 0.05) is 48.0 Å². The zero-order valence-corrected chi connectivity index (χ0v) is 24.1. The summed E-state index contributed by atoms with van der Waals surface area (Å²) in [5.41, 5.74) is 1.28. The quantitative estimate of drug-likeness (QED) is 0.185. The predicted molar refractivity (Wildman–Crippen MR) is 159 cm³/mol. The molecule has 1 aromatic carbocycles. The minimum absolute atomic E-state index is 0.00644. The van der Waals surface area contributed by atoms with E-state index >= 15 is 0 Å². The van der Waals surface area contributed by atoms with Crippen LogP contribution in [0.5, 0.6) is 0 Å². The maximum Gasteiger partial charge on any atom is 0.232 e. The first-order chi connectivity index (χ1) is 18.5. The summed E-state index contributed by atoms with van der Waals surface area (Å²) in [5.74, 6) is 1.38. The minimum atomic E-state index is 0.00644. The normalized spacial score (nSPS) is 19.1. The van der Waals surface area contributed by atoms with E-state index in [1.165, 1.54) is 43.0 Å². The lowest BCUT2D eigenvalue weighted by molar-refractivity contribution is 0.292. The van der Waals surface area contributed by atoms with Gasteiger partial charge in [-0.1, -0.05) is 43.0 Å². The van der Waals surface area contributed by atoms with E-state index in [4.69, 9.17) is 33.8 Å². The average molecular weight is 568 g/mol. The average Bonchev–Trinajstić information content (AvgIpc) is 2.93. The molecule has 0 bridgehead atoms. The molecule has 7 nitrogen and oxygen atoms in total. The summed E-state index contributed by atoms with van der Waals surface area (Å²) in [5, 5.41) is 9.49. The van der Waals surface area contributed by atoms with Gasteiger partial charge in [-0.2, -0.15) is 4.98 Å². The molecular formula is C28H34ClN7S2. The van der Waals surface area contributed by atoms with Gasteiger partial charge in [-0.15, -0.1) is 0 Å². The van der Waals surface area contributed by atoms with Crippen molar-refractivity contribution in [1.82, 2.24) is 25.3 Å². The van der Waals surface area contributed by atoms with Gasteiger partial charge in [0.25, 0.3) is 0 Å². The van der Waals surface area contributed by atoms with Gasteiger partial charge in [-0.25, -0.2) is 15.0 Å². The van der Waals surface area contributed by atoms with Crippen molar-refractivity contribution in [3.63, 3.8) is 0 Å². The van der Waals surface area contributed by atoms with Gasteiger partial charge in [0.1, 0.15) is 10.8 Å². The maximum atomic E-state index is 6.37. The van der Waals surface area contributed by atoms with E-state index in [0.29, 0.717) is 22.3 Å². The van der Waals surface area contributed by atoms with Gasteiger partial charge >= 0.3 is 0 Å². The van der Waals surface area contributed by atoms with E-state index < -0.39 is 0 Å². The number of piperidine rings is 1. The molecule has 200 valence electrons. The van der Waals surface area contributed by atoms with Crippen molar-refractivity contribution in [2.45, 2.75) is 79.9 Å². The van der Waals surface area contributed by atoms with Gasteiger partial charge in [0.15, 0.2) is 10.3 Å². The third-order valence-corrected chi connectivity index (χ3v) is 8.88. The molecule has 0 radical (unpaired) electrons. The number of thiocarbonyl (C=S) groups is 1. The van der Waals surface area contributed by atoms with Crippen LogP contribution in [0.1, 0.15) is 63.9 Å². The van der Waals surface area contributed by atoms with Crippen LogP contribution in [-0.4, -0.2) is 44.2 Å². The van der Waals surface area contributed by atoms with Crippen LogP contribution in [0.2, 0.25) is 5.02 Å². The highest BCUT2D eigenvalue weighted by Crippen LogP contribution is 2.40. The van der Waals surface area contributed by atoms with E-state index in [0.717, 1.165) is 54.6 Å². The van der Waals surface area contributed by atoms with Crippen LogP contribution in [0.25, 0.3) is 0 Å². The lowest BCUT2D eigenvalue weighted by Crippen LogP contribution is -2.43. The molecular weight excluding hydrogens is 534 g/mol. The van der Waals surface area contributed by atoms with Gasteiger partial charge in [0.05, 0.1) is 0 Å². The molecule has 2 fully saturated rings. The Morgan fingerprint density at radius 1 is 1.08 bits per heavy atom. The van der Waals surface area contributed by atoms with Crippen LogP contribution in [0.3, 0.4) is 0 Å². The molecule has 3 aromatic rings. The lowest BCUT2D eigenvalue weighted by atomic mass is 9.69. The highest BCUT2D eigenvalue weighted by molar-refractivity contribution is 7.99. The topological polar surface area (TPSA) is 78.9 Å². The van der Waals surface area contributed by atoms with Crippen molar-refractivity contribution in [3.8, 4) is 0 Å². The fourth-order valence-electron chi connectivity index (χ4n) is 5.55. The molecule has 1 aliphatic carbocycles. The van der Waals surface area contributed by atoms with Gasteiger partial charge in [-0.3, -0.25) is 0 Å². The monoisotopic (exact) mass is 567 g/mol. The van der Waals surface area contributed by atoms with Crippen LogP contribution in [0, 0.1) is 0 Å². The fraction of sp³-hybridized carbons (Fsp3) is 0.464. The summed E-state index contributed by atoms with van der Waals surface area (Å²) >= 11 is 13.5. The van der Waals surface area contributed by atoms with E-state index in [1.807, 2.05) is 24.3 Å². The predicted octanol–water partition coefficient (Wildman–Crippen LogP) is 6.64. The van der Waals surface area contributed by atoms with Gasteiger partial charge in [0.2, 0.25) is 5.95 Å². The minimum Gasteiger partial charge on any atom is -0.361 e. The second-order valence-corrected chi connectivity index (χ2v) is 12.1. The number of nitrogens with zero attached hydrogens (tertiary/aromatic N) is 5. The number of hydrogen-bond acceptors (Lipinski definition) is 7. The van der Waals surface area contributed by atoms with Crippen molar-refractivity contribution in [3.05, 3.63) is 59.4 Å². The number of aromatic nitrogens is 4. The number of nitrogens with one attached hydrogen (secondary N) is 2. The smallest absolute Gasteiger partial charge is 0.232 e. The molecule has 1 saturated carbocycles. The molecule has 3 heterocycles. The van der Waals surface area contributed by atoms with Crippen LogP contribution in [0.4, 0.5) is 11.8 Å². The molecule has 5 rings (SSSR count). The molecule has 38 heavy (non-hydrogen) atoms. The largest absolute Gasteiger partial charge is 0.361 e. The summed E-state index contributed by atoms with van der Waals surface area (Å²) in [4.78, 5) is 20.7. The first kappa shape index (κ1) is 27.1. The summed E-state index contributed by atoms with van der Waals surface area (Å²) in [6, 6.07) is 12.5. The number of halogens is 1. The van der Waals surface area contributed by atoms with E-state index in [-0.39, 0.29) is 5.41 Å². The first-order valence-electron chi connectivity index (χ1n) is 13.4. The second-order valence-electron chi connectivity index (χ2n) is 10.2.